The molecular formula is C32H72Cl2O4Si2Sn3. The molecule has 0 unspecified atom stereocenters. The average molecular weight is 1000 g/mol. The zero-order chi connectivity index (χ0) is 33.5. The molecule has 0 bridgehead atoms. The molecule has 0 saturated heterocycles. The van der Waals surface area contributed by atoms with Crippen LogP contribution in [-0.4, -0.2) is 87.9 Å². The normalized spacial score (nSPS) is 10.2. The minimum Gasteiger partial charge on any atom is -1.00 e. The topological polar surface area (TPSA) is 92.2 Å². The third-order valence-electron chi connectivity index (χ3n) is 2.41. The zero-order valence-corrected chi connectivity index (χ0v) is 45.0. The Morgan fingerprint density at radius 2 is 0.349 bits per heavy atom. The van der Waals surface area contributed by atoms with Crippen molar-refractivity contribution in [2.75, 3.05) is 0 Å². The van der Waals surface area contributed by atoms with Crippen LogP contribution < -0.4 is 44.0 Å². The molecule has 11 heteroatoms. The SMILES string of the molecule is CC(C)(C)[Si]([O-])([O-])[Si]([O-])([O-])C(C)(C)C.C[C](C)C.C[C](C)C.C[C](C)C.C[C](C)C.C[C](C)C.C[C](C)C.[Cl-].[Cl-].[Sn+2].[Sn+2].[Sn+2]. The van der Waals surface area contributed by atoms with Gasteiger partial charge in [-0.3, -0.25) is 0 Å². The smallest absolute Gasteiger partial charge is 1.00 e. The third-order valence-corrected chi connectivity index (χ3v) is 14.3. The van der Waals surface area contributed by atoms with Crippen molar-refractivity contribution < 1.29 is 44.0 Å². The number of hydrogen-bond donors (Lipinski definition) is 0. The molecule has 0 N–H and O–H groups in total. The third kappa shape index (κ3) is 92.5. The van der Waals surface area contributed by atoms with Gasteiger partial charge in [-0.1, -0.05) is 176 Å². The van der Waals surface area contributed by atoms with Crippen LogP contribution in [0.25, 0.3) is 0 Å². The molecule has 0 aliphatic rings. The van der Waals surface area contributed by atoms with Crippen LogP contribution in [0.2, 0.25) is 10.1 Å². The van der Waals surface area contributed by atoms with Gasteiger partial charge in [-0.05, 0) is 35.5 Å². The van der Waals surface area contributed by atoms with Gasteiger partial charge < -0.3 is 44.0 Å². The molecule has 258 valence electrons. The largest absolute Gasteiger partial charge is 2.00 e. The van der Waals surface area contributed by atoms with Gasteiger partial charge in [0.15, 0.2) is 0 Å². The van der Waals surface area contributed by atoms with Gasteiger partial charge in [0, 0.05) is 0 Å². The number of rotatable bonds is 1. The van der Waals surface area contributed by atoms with E-state index in [1.807, 2.05) is 0 Å². The summed E-state index contributed by atoms with van der Waals surface area (Å²) in [6, 6.07) is 0. The molecule has 0 aromatic heterocycles. The Bertz CT molecular complexity index is 383. The van der Waals surface area contributed by atoms with Gasteiger partial charge in [-0.15, -0.1) is 0 Å². The van der Waals surface area contributed by atoms with Crippen molar-refractivity contribution in [2.24, 2.45) is 0 Å². The fraction of sp³-hybridized carbons (Fsp3) is 0.812. The van der Waals surface area contributed by atoms with Crippen LogP contribution >= 0.6 is 0 Å². The second-order valence-electron chi connectivity index (χ2n) is 14.7. The summed E-state index contributed by atoms with van der Waals surface area (Å²) in [5.41, 5.74) is 0. The summed E-state index contributed by atoms with van der Waals surface area (Å²) in [4.78, 5) is 47.3. The maximum atomic E-state index is 11.8. The van der Waals surface area contributed by atoms with E-state index in [1.165, 1.54) is 77.0 Å². The van der Waals surface area contributed by atoms with E-state index in [-0.39, 0.29) is 96.5 Å². The van der Waals surface area contributed by atoms with E-state index in [9.17, 15) is 19.2 Å². The monoisotopic (exact) mass is 1010 g/mol. The van der Waals surface area contributed by atoms with Gasteiger partial charge in [-0.2, -0.15) is 16.2 Å². The fourth-order valence-corrected chi connectivity index (χ4v) is 8.89. The van der Waals surface area contributed by atoms with E-state index in [0.29, 0.717) is 0 Å². The second-order valence-corrected chi connectivity index (χ2v) is 24.1. The van der Waals surface area contributed by atoms with Crippen LogP contribution in [0.5, 0.6) is 0 Å². The molecule has 0 aliphatic heterocycles. The minimum atomic E-state index is -4.74. The molecule has 0 spiro atoms. The first-order chi connectivity index (χ1) is 16.1. The van der Waals surface area contributed by atoms with Crippen LogP contribution in [-0.2, 0) is 0 Å². The van der Waals surface area contributed by atoms with Gasteiger partial charge in [0.2, 0.25) is 0 Å². The van der Waals surface area contributed by atoms with Gasteiger partial charge in [0.05, 0.1) is 0 Å². The van der Waals surface area contributed by atoms with E-state index in [0.717, 1.165) is 0 Å². The van der Waals surface area contributed by atoms with E-state index in [2.05, 4.69) is 125 Å². The summed E-state index contributed by atoms with van der Waals surface area (Å²) in [6.07, 6.45) is 0. The summed E-state index contributed by atoms with van der Waals surface area (Å²) in [7, 11) is -9.48. The average Bonchev–Trinajstić information content (AvgIpc) is 2.48. The van der Waals surface area contributed by atoms with Crippen LogP contribution in [0.3, 0.4) is 0 Å². The predicted octanol–water partition coefficient (Wildman–Crippen LogP) is 0.580. The van der Waals surface area contributed by atoms with Crippen LogP contribution in [0.15, 0.2) is 0 Å². The summed E-state index contributed by atoms with van der Waals surface area (Å²) in [6.45, 7) is 46.0. The fourth-order valence-electron chi connectivity index (χ4n) is 0.987. The van der Waals surface area contributed by atoms with Crippen LogP contribution in [0.4, 0.5) is 0 Å². The standard InChI is InChI=1S/C8H18O4Si2.6C4H9.2ClH.3Sn/c1-7(2,3)13(9,10)14(11,12)8(4,5)6;6*1-4(2)3;;;;;/h1-6H3;6*1-3H3;2*1H;;;/q-4;;;;;;;;;3*+2/p-2. The van der Waals surface area contributed by atoms with Crippen molar-refractivity contribution in [3.8, 4) is 0 Å². The molecule has 0 rings (SSSR count). The number of halogens is 2. The molecule has 0 aromatic rings. The van der Waals surface area contributed by atoms with Crippen molar-refractivity contribution in [3.63, 3.8) is 0 Å². The molecule has 0 atom stereocenters. The van der Waals surface area contributed by atoms with Crippen LogP contribution in [0.1, 0.15) is 166 Å². The Kier molecular flexibility index (Phi) is 81.2. The molecule has 43 heavy (non-hydrogen) atoms. The molecule has 12 radical (unpaired) electrons. The van der Waals surface area contributed by atoms with Crippen molar-refractivity contribution in [1.82, 2.24) is 0 Å². The van der Waals surface area contributed by atoms with Crippen molar-refractivity contribution >= 4 is 87.9 Å². The molecule has 0 saturated carbocycles. The van der Waals surface area contributed by atoms with Gasteiger partial charge in [0.1, 0.15) is 0 Å². The molecule has 4 nitrogen and oxygen atoms in total. The summed E-state index contributed by atoms with van der Waals surface area (Å²) in [5.74, 6) is 8.50. The van der Waals surface area contributed by atoms with E-state index in [1.54, 1.807) is 0 Å². The first kappa shape index (κ1) is 80.7. The molecule has 0 aliphatic carbocycles. The number of hydrogen-bond acceptors (Lipinski definition) is 4. The maximum absolute atomic E-state index is 11.8. The molecule has 0 amide bonds. The van der Waals surface area contributed by atoms with Gasteiger partial charge >= 0.3 is 71.7 Å². The molecule has 0 fully saturated rings. The molecular weight excluding hydrogens is 932 g/mol. The Morgan fingerprint density at radius 3 is 0.372 bits per heavy atom. The maximum Gasteiger partial charge on any atom is 2.00 e. The predicted molar refractivity (Wildman–Crippen MR) is 190 cm³/mol. The Morgan fingerprint density at radius 1 is 0.302 bits per heavy atom. The van der Waals surface area contributed by atoms with Crippen molar-refractivity contribution in [1.29, 1.82) is 0 Å². The zero-order valence-electron chi connectivity index (χ0n) is 32.9. The summed E-state index contributed by atoms with van der Waals surface area (Å²) in [5, 5.41) is -2.40. The Labute approximate surface area is 340 Å². The Balaban J connectivity index is -0.0000000282. The quantitative estimate of drug-likeness (QED) is 0.360. The van der Waals surface area contributed by atoms with Gasteiger partial charge in [0.25, 0.3) is 0 Å². The van der Waals surface area contributed by atoms with E-state index >= 15 is 0 Å². The minimum absolute atomic E-state index is 0. The van der Waals surface area contributed by atoms with Gasteiger partial charge in [-0.25, -0.2) is 0 Å². The molecule has 0 aromatic carbocycles. The van der Waals surface area contributed by atoms with Crippen LogP contribution in [0, 0.1) is 35.5 Å². The summed E-state index contributed by atoms with van der Waals surface area (Å²) < 4.78 is 0. The Hall–Kier alpha value is 3.25. The van der Waals surface area contributed by atoms with E-state index in [4.69, 9.17) is 0 Å². The van der Waals surface area contributed by atoms with E-state index < -0.39 is 26.2 Å². The first-order valence-electron chi connectivity index (χ1n) is 13.6. The summed E-state index contributed by atoms with van der Waals surface area (Å²) >= 11 is 0. The second kappa shape index (κ2) is 43.3. The van der Waals surface area contributed by atoms with Crippen molar-refractivity contribution in [2.45, 2.75) is 176 Å². The molecule has 0 heterocycles. The first-order valence-corrected chi connectivity index (χ1v) is 18.2. The van der Waals surface area contributed by atoms with Crippen molar-refractivity contribution in [3.05, 3.63) is 35.5 Å².